The van der Waals surface area contributed by atoms with Gasteiger partial charge in [0.1, 0.15) is 0 Å². The van der Waals surface area contributed by atoms with Gasteiger partial charge in [0.15, 0.2) is 0 Å². The summed E-state index contributed by atoms with van der Waals surface area (Å²) in [7, 11) is 0. The Morgan fingerprint density at radius 1 is 0.935 bits per heavy atom. The predicted octanol–water partition coefficient (Wildman–Crippen LogP) is 6.44. The first kappa shape index (κ1) is 28.0. The summed E-state index contributed by atoms with van der Waals surface area (Å²) in [4.78, 5) is 21.9. The van der Waals surface area contributed by atoms with E-state index in [0.29, 0.717) is 6.42 Å². The highest BCUT2D eigenvalue weighted by Crippen LogP contribution is 2.38. The number of hydrogen-bond donors (Lipinski definition) is 3. The molecule has 0 unspecified atom stereocenters. The van der Waals surface area contributed by atoms with E-state index in [-0.39, 0.29) is 23.3 Å². The fraction of sp³-hybridized carbons (Fsp3) is 0.840. The van der Waals surface area contributed by atoms with Gasteiger partial charge in [0.25, 0.3) is 0 Å². The largest absolute Gasteiger partial charge is 0.481 e. The molecule has 0 aromatic carbocycles. The zero-order valence-electron chi connectivity index (χ0n) is 19.4. The molecule has 180 valence electrons. The van der Waals surface area contributed by atoms with E-state index in [4.69, 9.17) is 10.2 Å². The van der Waals surface area contributed by atoms with Crippen LogP contribution in [0.4, 0.5) is 0 Å². The average molecular weight is 457 g/mol. The van der Waals surface area contributed by atoms with Crippen molar-refractivity contribution in [2.45, 2.75) is 121 Å². The number of carboxylic acid groups (broad SMARTS) is 2. The number of carboxylic acids is 2. The molecule has 1 aliphatic carbocycles. The number of carbonyl (C=O) groups is 2. The second-order valence-electron chi connectivity index (χ2n) is 8.95. The molecule has 0 aromatic heterocycles. The highest BCUT2D eigenvalue weighted by Gasteiger charge is 2.35. The number of unbranched alkanes of at least 4 members (excludes halogenated alkanes) is 11. The molecule has 3 atom stereocenters. The van der Waals surface area contributed by atoms with Crippen molar-refractivity contribution in [1.82, 2.24) is 0 Å². The number of hydrogen-bond acceptors (Lipinski definition) is 4. The van der Waals surface area contributed by atoms with Crippen LogP contribution in [0, 0.1) is 5.92 Å². The molecule has 0 aromatic rings. The van der Waals surface area contributed by atoms with Crippen LogP contribution in [0.2, 0.25) is 0 Å². The lowest BCUT2D eigenvalue weighted by Crippen LogP contribution is -2.38. The molecule has 1 rings (SSSR count). The Kier molecular flexibility index (Phi) is 15.9. The minimum atomic E-state index is -0.880. The first-order valence-corrected chi connectivity index (χ1v) is 13.4. The number of allylic oxidation sites excluding steroid dienone is 1. The van der Waals surface area contributed by atoms with E-state index in [1.165, 1.54) is 76.0 Å². The lowest BCUT2D eigenvalue weighted by Gasteiger charge is -2.36. The zero-order chi connectivity index (χ0) is 22.9. The summed E-state index contributed by atoms with van der Waals surface area (Å²) < 4.78 is 0. The average Bonchev–Trinajstić information content (AvgIpc) is 2.73. The Morgan fingerprint density at radius 3 is 2.06 bits per heavy atom. The second-order valence-corrected chi connectivity index (χ2v) is 10.1. The highest BCUT2D eigenvalue weighted by atomic mass is 32.2. The SMILES string of the molecule is CCCCCCCCCCCCC/C=C1\CC[C@@H](CCC(=O)O)[C@@H](O)[C@@H]1SCC(=O)O. The molecular formula is C25H44O5S. The normalized spacial score (nSPS) is 22.6. The van der Waals surface area contributed by atoms with Crippen molar-refractivity contribution in [3.05, 3.63) is 11.6 Å². The summed E-state index contributed by atoms with van der Waals surface area (Å²) in [5.41, 5.74) is 1.15. The van der Waals surface area contributed by atoms with Crippen molar-refractivity contribution >= 4 is 23.7 Å². The van der Waals surface area contributed by atoms with Crippen molar-refractivity contribution in [2.24, 2.45) is 5.92 Å². The van der Waals surface area contributed by atoms with E-state index in [1.807, 2.05) is 0 Å². The molecule has 6 heteroatoms. The number of aliphatic hydroxyl groups is 1. The minimum Gasteiger partial charge on any atom is -0.481 e. The van der Waals surface area contributed by atoms with Crippen molar-refractivity contribution in [3.63, 3.8) is 0 Å². The van der Waals surface area contributed by atoms with Gasteiger partial charge in [0.2, 0.25) is 0 Å². The standard InChI is InChI=1S/C25H44O5S/c1-2-3-4-5-6-7-8-9-10-11-12-13-14-21-16-15-20(17-18-22(26)27)24(30)25(21)31-19-23(28)29/h14,20,24-25,30H,2-13,15-19H2,1H3,(H,26,27)(H,28,29)/b21-14+/t20-,24+,25+/m0/s1. The molecule has 3 N–H and O–H groups in total. The summed E-state index contributed by atoms with van der Waals surface area (Å²) in [5.74, 6) is -1.83. The molecule has 5 nitrogen and oxygen atoms in total. The fourth-order valence-electron chi connectivity index (χ4n) is 4.44. The highest BCUT2D eigenvalue weighted by molar-refractivity contribution is 8.00. The molecule has 0 saturated heterocycles. The van der Waals surface area contributed by atoms with Crippen LogP contribution in [0.3, 0.4) is 0 Å². The van der Waals surface area contributed by atoms with Crippen LogP contribution in [0.5, 0.6) is 0 Å². The van der Waals surface area contributed by atoms with Gasteiger partial charge in [0.05, 0.1) is 17.1 Å². The molecule has 0 amide bonds. The lowest BCUT2D eigenvalue weighted by atomic mass is 9.80. The first-order valence-electron chi connectivity index (χ1n) is 12.4. The quantitative estimate of drug-likeness (QED) is 0.162. The van der Waals surface area contributed by atoms with Gasteiger partial charge in [-0.05, 0) is 38.0 Å². The van der Waals surface area contributed by atoms with Gasteiger partial charge in [-0.15, -0.1) is 11.8 Å². The van der Waals surface area contributed by atoms with E-state index >= 15 is 0 Å². The van der Waals surface area contributed by atoms with Crippen LogP contribution >= 0.6 is 11.8 Å². The van der Waals surface area contributed by atoms with E-state index in [9.17, 15) is 14.7 Å². The van der Waals surface area contributed by atoms with E-state index in [2.05, 4.69) is 13.0 Å². The maximum absolute atomic E-state index is 11.0. The van der Waals surface area contributed by atoms with Crippen LogP contribution in [0.25, 0.3) is 0 Å². The maximum Gasteiger partial charge on any atom is 0.313 e. The van der Waals surface area contributed by atoms with E-state index < -0.39 is 18.0 Å². The van der Waals surface area contributed by atoms with Crippen LogP contribution in [-0.4, -0.2) is 44.4 Å². The van der Waals surface area contributed by atoms with Crippen molar-refractivity contribution in [1.29, 1.82) is 0 Å². The maximum atomic E-state index is 11.0. The van der Waals surface area contributed by atoms with Gasteiger partial charge >= 0.3 is 11.9 Å². The number of rotatable bonds is 18. The Bertz CT molecular complexity index is 534. The molecule has 1 aliphatic rings. The number of aliphatic hydroxyl groups excluding tert-OH is 1. The Hall–Kier alpha value is -1.01. The molecule has 0 heterocycles. The first-order chi connectivity index (χ1) is 15.0. The monoisotopic (exact) mass is 456 g/mol. The molecule has 0 bridgehead atoms. The van der Waals surface area contributed by atoms with Crippen LogP contribution in [0.1, 0.15) is 110 Å². The van der Waals surface area contributed by atoms with Gasteiger partial charge < -0.3 is 15.3 Å². The summed E-state index contributed by atoms with van der Waals surface area (Å²) in [6.07, 6.45) is 19.1. The topological polar surface area (TPSA) is 94.8 Å². The minimum absolute atomic E-state index is 0.0385. The van der Waals surface area contributed by atoms with Crippen LogP contribution in [0.15, 0.2) is 11.6 Å². The molecule has 0 radical (unpaired) electrons. The van der Waals surface area contributed by atoms with Crippen molar-refractivity contribution in [2.75, 3.05) is 5.75 Å². The summed E-state index contributed by atoms with van der Waals surface area (Å²) in [6, 6.07) is 0. The summed E-state index contributed by atoms with van der Waals surface area (Å²) in [6.45, 7) is 2.25. The van der Waals surface area contributed by atoms with E-state index in [0.717, 1.165) is 31.3 Å². The molecule has 31 heavy (non-hydrogen) atoms. The summed E-state index contributed by atoms with van der Waals surface area (Å²) >= 11 is 1.28. The Labute approximate surface area is 193 Å². The third kappa shape index (κ3) is 13.2. The van der Waals surface area contributed by atoms with Gasteiger partial charge in [0, 0.05) is 6.42 Å². The van der Waals surface area contributed by atoms with Gasteiger partial charge in [-0.3, -0.25) is 9.59 Å². The van der Waals surface area contributed by atoms with Crippen molar-refractivity contribution < 1.29 is 24.9 Å². The predicted molar refractivity (Wildman–Crippen MR) is 129 cm³/mol. The summed E-state index contributed by atoms with van der Waals surface area (Å²) in [5, 5.41) is 28.5. The second kappa shape index (κ2) is 17.5. The van der Waals surface area contributed by atoms with Gasteiger partial charge in [-0.25, -0.2) is 0 Å². The van der Waals surface area contributed by atoms with E-state index in [1.54, 1.807) is 0 Å². The molecule has 0 aliphatic heterocycles. The fourth-order valence-corrected chi connectivity index (χ4v) is 5.61. The van der Waals surface area contributed by atoms with Crippen LogP contribution < -0.4 is 0 Å². The smallest absolute Gasteiger partial charge is 0.313 e. The zero-order valence-corrected chi connectivity index (χ0v) is 20.2. The molecular weight excluding hydrogens is 412 g/mol. The van der Waals surface area contributed by atoms with Crippen LogP contribution in [-0.2, 0) is 9.59 Å². The van der Waals surface area contributed by atoms with Crippen molar-refractivity contribution in [3.8, 4) is 0 Å². The number of thioether (sulfide) groups is 1. The van der Waals surface area contributed by atoms with Gasteiger partial charge in [-0.1, -0.05) is 82.8 Å². The third-order valence-electron chi connectivity index (χ3n) is 6.29. The molecule has 0 spiro atoms. The van der Waals surface area contributed by atoms with Gasteiger partial charge in [-0.2, -0.15) is 0 Å². The third-order valence-corrected chi connectivity index (χ3v) is 7.65. The number of aliphatic carboxylic acids is 2. The molecule has 1 saturated carbocycles. The lowest BCUT2D eigenvalue weighted by molar-refractivity contribution is -0.137. The molecule has 1 fully saturated rings. The Balaban J connectivity index is 2.32. The Morgan fingerprint density at radius 2 is 1.52 bits per heavy atom.